The Morgan fingerprint density at radius 3 is 2.68 bits per heavy atom. The summed E-state index contributed by atoms with van der Waals surface area (Å²) in [7, 11) is 0. The number of para-hydroxylation sites is 1. The zero-order valence-corrected chi connectivity index (χ0v) is 10.9. The predicted octanol–water partition coefficient (Wildman–Crippen LogP) is 2.22. The lowest BCUT2D eigenvalue weighted by molar-refractivity contribution is 0.146. The number of benzene rings is 1. The van der Waals surface area contributed by atoms with Gasteiger partial charge in [0.25, 0.3) is 0 Å². The molecule has 2 fully saturated rings. The van der Waals surface area contributed by atoms with E-state index in [4.69, 9.17) is 0 Å². The van der Waals surface area contributed by atoms with Crippen LogP contribution in [0.15, 0.2) is 30.3 Å². The van der Waals surface area contributed by atoms with Crippen molar-refractivity contribution >= 4 is 11.7 Å². The number of aliphatic hydroxyl groups is 1. The van der Waals surface area contributed by atoms with Crippen molar-refractivity contribution in [2.24, 2.45) is 17.8 Å². The Labute approximate surface area is 113 Å². The van der Waals surface area contributed by atoms with Crippen molar-refractivity contribution in [3.63, 3.8) is 0 Å². The molecular formula is C15H20N2O2. The summed E-state index contributed by atoms with van der Waals surface area (Å²) in [5.74, 6) is 1.38. The van der Waals surface area contributed by atoms with E-state index in [1.165, 1.54) is 12.8 Å². The molecule has 2 amide bonds. The summed E-state index contributed by atoms with van der Waals surface area (Å²) in [6, 6.07) is 9.40. The van der Waals surface area contributed by atoms with E-state index in [9.17, 15) is 9.90 Å². The van der Waals surface area contributed by atoms with E-state index in [1.807, 2.05) is 30.3 Å². The van der Waals surface area contributed by atoms with Gasteiger partial charge in [-0.3, -0.25) is 0 Å². The SMILES string of the molecule is O=C(Nc1ccccc1)N[C@H]1[C@H]2CC[C@@H](C2)[C@H]1CO. The van der Waals surface area contributed by atoms with Gasteiger partial charge in [-0.2, -0.15) is 0 Å². The molecule has 0 spiro atoms. The molecule has 0 aliphatic heterocycles. The lowest BCUT2D eigenvalue weighted by Gasteiger charge is -2.30. The van der Waals surface area contributed by atoms with Crippen LogP contribution in [0.4, 0.5) is 10.5 Å². The average molecular weight is 260 g/mol. The molecule has 2 bridgehead atoms. The number of nitrogens with one attached hydrogen (secondary N) is 2. The fraction of sp³-hybridized carbons (Fsp3) is 0.533. The van der Waals surface area contributed by atoms with Gasteiger partial charge >= 0.3 is 6.03 Å². The summed E-state index contributed by atoms with van der Waals surface area (Å²) >= 11 is 0. The van der Waals surface area contributed by atoms with Crippen molar-refractivity contribution in [2.75, 3.05) is 11.9 Å². The van der Waals surface area contributed by atoms with Crippen molar-refractivity contribution in [2.45, 2.75) is 25.3 Å². The van der Waals surface area contributed by atoms with Gasteiger partial charge in [0, 0.05) is 24.3 Å². The number of hydrogen-bond acceptors (Lipinski definition) is 2. The minimum Gasteiger partial charge on any atom is -0.396 e. The first-order valence-corrected chi connectivity index (χ1v) is 7.01. The monoisotopic (exact) mass is 260 g/mol. The zero-order chi connectivity index (χ0) is 13.2. The van der Waals surface area contributed by atoms with E-state index in [1.54, 1.807) is 0 Å². The second-order valence-electron chi connectivity index (χ2n) is 5.67. The molecular weight excluding hydrogens is 240 g/mol. The third kappa shape index (κ3) is 2.45. The van der Waals surface area contributed by atoms with E-state index in [0.717, 1.165) is 12.1 Å². The van der Waals surface area contributed by atoms with Crippen molar-refractivity contribution in [3.05, 3.63) is 30.3 Å². The summed E-state index contributed by atoms with van der Waals surface area (Å²) in [4.78, 5) is 12.0. The lowest BCUT2D eigenvalue weighted by atomic mass is 9.85. The number of aliphatic hydroxyl groups excluding tert-OH is 1. The molecule has 1 aromatic rings. The van der Waals surface area contributed by atoms with Crippen LogP contribution in [0.2, 0.25) is 0 Å². The van der Waals surface area contributed by atoms with E-state index in [0.29, 0.717) is 11.8 Å². The first kappa shape index (κ1) is 12.5. The highest BCUT2D eigenvalue weighted by molar-refractivity contribution is 5.89. The van der Waals surface area contributed by atoms with Crippen LogP contribution in [0.25, 0.3) is 0 Å². The summed E-state index contributed by atoms with van der Waals surface area (Å²) in [6.07, 6.45) is 3.54. The van der Waals surface area contributed by atoms with E-state index < -0.39 is 0 Å². The maximum absolute atomic E-state index is 12.0. The molecule has 2 aliphatic carbocycles. The van der Waals surface area contributed by atoms with Gasteiger partial charge in [0.15, 0.2) is 0 Å². The van der Waals surface area contributed by atoms with E-state index >= 15 is 0 Å². The zero-order valence-electron chi connectivity index (χ0n) is 10.9. The standard InChI is InChI=1S/C15H20N2O2/c18-9-13-10-6-7-11(8-10)14(13)17-15(19)16-12-4-2-1-3-5-12/h1-5,10-11,13-14,18H,6-9H2,(H2,16,17,19)/t10-,11-,13+,14-/m0/s1. The van der Waals surface area contributed by atoms with Crippen molar-refractivity contribution in [1.82, 2.24) is 5.32 Å². The number of hydrogen-bond donors (Lipinski definition) is 3. The van der Waals surface area contributed by atoms with Gasteiger partial charge in [0.2, 0.25) is 0 Å². The molecule has 1 aromatic carbocycles. The minimum atomic E-state index is -0.165. The Morgan fingerprint density at radius 1 is 1.21 bits per heavy atom. The van der Waals surface area contributed by atoms with Crippen LogP contribution in [0.3, 0.4) is 0 Å². The van der Waals surface area contributed by atoms with Gasteiger partial charge in [-0.05, 0) is 43.2 Å². The second-order valence-corrected chi connectivity index (χ2v) is 5.67. The third-order valence-corrected chi connectivity index (χ3v) is 4.63. The second kappa shape index (κ2) is 5.21. The van der Waals surface area contributed by atoms with Gasteiger partial charge < -0.3 is 15.7 Å². The van der Waals surface area contributed by atoms with Crippen LogP contribution in [0, 0.1) is 17.8 Å². The Kier molecular flexibility index (Phi) is 3.42. The fourth-order valence-corrected chi connectivity index (χ4v) is 3.74. The highest BCUT2D eigenvalue weighted by Crippen LogP contribution is 2.48. The fourth-order valence-electron chi connectivity index (χ4n) is 3.74. The number of anilines is 1. The number of urea groups is 1. The van der Waals surface area contributed by atoms with Crippen LogP contribution in [0.5, 0.6) is 0 Å². The maximum atomic E-state index is 12.0. The molecule has 2 saturated carbocycles. The smallest absolute Gasteiger partial charge is 0.319 e. The number of rotatable bonds is 3. The molecule has 0 heterocycles. The number of carbonyl (C=O) groups excluding carboxylic acids is 1. The average Bonchev–Trinajstić information content (AvgIpc) is 3.00. The molecule has 4 heteroatoms. The van der Waals surface area contributed by atoms with Crippen LogP contribution >= 0.6 is 0 Å². The maximum Gasteiger partial charge on any atom is 0.319 e. The molecule has 19 heavy (non-hydrogen) atoms. The molecule has 102 valence electrons. The van der Waals surface area contributed by atoms with Gasteiger partial charge in [0.05, 0.1) is 0 Å². The molecule has 0 saturated heterocycles. The summed E-state index contributed by atoms with van der Waals surface area (Å²) in [5, 5.41) is 15.4. The summed E-state index contributed by atoms with van der Waals surface area (Å²) in [5.41, 5.74) is 0.795. The quantitative estimate of drug-likeness (QED) is 0.780. The Morgan fingerprint density at radius 2 is 1.95 bits per heavy atom. The summed E-state index contributed by atoms with van der Waals surface area (Å²) < 4.78 is 0. The first-order chi connectivity index (χ1) is 9.28. The van der Waals surface area contributed by atoms with Crippen molar-refractivity contribution < 1.29 is 9.90 Å². The first-order valence-electron chi connectivity index (χ1n) is 7.01. The Balaban J connectivity index is 1.60. The van der Waals surface area contributed by atoms with Gasteiger partial charge in [-0.1, -0.05) is 18.2 Å². The summed E-state index contributed by atoms with van der Waals surface area (Å²) in [6.45, 7) is 0.178. The van der Waals surface area contributed by atoms with Crippen LogP contribution in [-0.2, 0) is 0 Å². The molecule has 4 nitrogen and oxygen atoms in total. The molecule has 3 N–H and O–H groups in total. The van der Waals surface area contributed by atoms with Crippen molar-refractivity contribution in [3.8, 4) is 0 Å². The topological polar surface area (TPSA) is 61.4 Å². The largest absolute Gasteiger partial charge is 0.396 e. The van der Waals surface area contributed by atoms with E-state index in [-0.39, 0.29) is 24.6 Å². The molecule has 3 rings (SSSR count). The molecule has 0 unspecified atom stereocenters. The number of amides is 2. The number of carbonyl (C=O) groups is 1. The Bertz CT molecular complexity index is 449. The van der Waals surface area contributed by atoms with Gasteiger partial charge in [-0.15, -0.1) is 0 Å². The van der Waals surface area contributed by atoms with Crippen molar-refractivity contribution in [1.29, 1.82) is 0 Å². The predicted molar refractivity (Wildman–Crippen MR) is 73.8 cm³/mol. The Hall–Kier alpha value is -1.55. The molecule has 0 aromatic heterocycles. The van der Waals surface area contributed by atoms with Gasteiger partial charge in [-0.25, -0.2) is 4.79 Å². The molecule has 0 radical (unpaired) electrons. The van der Waals surface area contributed by atoms with Crippen LogP contribution < -0.4 is 10.6 Å². The molecule has 4 atom stereocenters. The normalized spacial score (nSPS) is 32.3. The van der Waals surface area contributed by atoms with Gasteiger partial charge in [0.1, 0.15) is 0 Å². The highest BCUT2D eigenvalue weighted by atomic mass is 16.3. The van der Waals surface area contributed by atoms with Crippen LogP contribution in [-0.4, -0.2) is 23.8 Å². The lowest BCUT2D eigenvalue weighted by Crippen LogP contribution is -2.46. The molecule has 2 aliphatic rings. The minimum absolute atomic E-state index is 0.132. The van der Waals surface area contributed by atoms with E-state index in [2.05, 4.69) is 10.6 Å². The highest BCUT2D eigenvalue weighted by Gasteiger charge is 2.47. The third-order valence-electron chi connectivity index (χ3n) is 4.63. The van der Waals surface area contributed by atoms with Crippen LogP contribution in [0.1, 0.15) is 19.3 Å². The number of fused-ring (bicyclic) bond motifs is 2.